The van der Waals surface area contributed by atoms with Gasteiger partial charge in [-0.3, -0.25) is 4.79 Å². The molecule has 29 heavy (non-hydrogen) atoms. The number of alkyl halides is 3. The van der Waals surface area contributed by atoms with E-state index in [1.54, 1.807) is 17.5 Å². The first kappa shape index (κ1) is 21.1. The van der Waals surface area contributed by atoms with Crippen molar-refractivity contribution in [1.29, 1.82) is 0 Å². The molecule has 0 saturated heterocycles. The average molecular weight is 445 g/mol. The van der Waals surface area contributed by atoms with Crippen LogP contribution >= 0.6 is 22.9 Å². The van der Waals surface area contributed by atoms with Crippen LogP contribution in [-0.4, -0.2) is 23.7 Å². The molecule has 3 aromatic rings. The molecule has 0 atom stereocenters. The molecule has 4 nitrogen and oxygen atoms in total. The molecule has 0 aliphatic rings. The first-order valence-electron chi connectivity index (χ1n) is 8.19. The topological polar surface area (TPSA) is 51.2 Å². The second-order valence-corrected chi connectivity index (χ2v) is 7.21. The Morgan fingerprint density at radius 3 is 2.59 bits per heavy atom. The van der Waals surface area contributed by atoms with Gasteiger partial charge < -0.3 is 10.1 Å². The normalized spacial score (nSPS) is 11.3. The van der Waals surface area contributed by atoms with E-state index >= 15 is 0 Å². The minimum atomic E-state index is -4.52. The van der Waals surface area contributed by atoms with Crippen LogP contribution < -0.4 is 10.1 Å². The van der Waals surface area contributed by atoms with Crippen LogP contribution in [0.4, 0.5) is 23.2 Å². The molecule has 0 fully saturated rings. The lowest BCUT2D eigenvalue weighted by Crippen LogP contribution is -2.21. The van der Waals surface area contributed by atoms with Crippen LogP contribution in [0, 0.1) is 5.82 Å². The van der Waals surface area contributed by atoms with Crippen LogP contribution in [0.25, 0.3) is 10.6 Å². The van der Waals surface area contributed by atoms with Crippen molar-refractivity contribution >= 4 is 34.5 Å². The third kappa shape index (κ3) is 6.16. The number of hydrogen-bond donors (Lipinski definition) is 1. The molecular formula is C19H13ClF4N2O2S. The van der Waals surface area contributed by atoms with Crippen molar-refractivity contribution in [3.63, 3.8) is 0 Å². The number of amides is 1. The van der Waals surface area contributed by atoms with Crippen molar-refractivity contribution in [3.05, 3.63) is 64.4 Å². The Balaban J connectivity index is 1.68. The monoisotopic (exact) mass is 444 g/mol. The third-order valence-electron chi connectivity index (χ3n) is 3.59. The second-order valence-electron chi connectivity index (χ2n) is 5.92. The molecule has 0 unspecified atom stereocenters. The number of aromatic nitrogens is 1. The summed E-state index contributed by atoms with van der Waals surface area (Å²) in [4.78, 5) is 16.6. The number of nitrogens with one attached hydrogen (secondary N) is 1. The standard InChI is InChI=1S/C19H13ClF4N2O2S/c20-12-3-6-16(28-10-19(22,23)24)15(7-12)26-17(27)8-14-9-29-18(25-14)11-1-4-13(21)5-2-11/h1-7,9H,8,10H2,(H,26,27). The lowest BCUT2D eigenvalue weighted by Gasteiger charge is -2.14. The van der Waals surface area contributed by atoms with Crippen LogP contribution in [0.15, 0.2) is 47.8 Å². The van der Waals surface area contributed by atoms with Gasteiger partial charge in [0, 0.05) is 16.0 Å². The van der Waals surface area contributed by atoms with Gasteiger partial charge in [0.15, 0.2) is 6.61 Å². The molecular weight excluding hydrogens is 432 g/mol. The van der Waals surface area contributed by atoms with Crippen molar-refractivity contribution in [2.75, 3.05) is 11.9 Å². The fraction of sp³-hybridized carbons (Fsp3) is 0.158. The highest BCUT2D eigenvalue weighted by molar-refractivity contribution is 7.13. The summed E-state index contributed by atoms with van der Waals surface area (Å²) in [5, 5.41) is 5.01. The van der Waals surface area contributed by atoms with Gasteiger partial charge in [0.25, 0.3) is 0 Å². The van der Waals surface area contributed by atoms with Crippen LogP contribution in [0.3, 0.4) is 0 Å². The van der Waals surface area contributed by atoms with Gasteiger partial charge in [-0.25, -0.2) is 9.37 Å². The van der Waals surface area contributed by atoms with Gasteiger partial charge in [0.2, 0.25) is 5.91 Å². The number of carbonyl (C=O) groups excluding carboxylic acids is 1. The van der Waals surface area contributed by atoms with Crippen molar-refractivity contribution < 1.29 is 27.1 Å². The molecule has 1 N–H and O–H groups in total. The van der Waals surface area contributed by atoms with E-state index in [-0.39, 0.29) is 28.7 Å². The fourth-order valence-electron chi connectivity index (χ4n) is 2.36. The third-order valence-corrected chi connectivity index (χ3v) is 4.77. The maximum atomic E-state index is 13.0. The molecule has 0 aliphatic carbocycles. The van der Waals surface area contributed by atoms with E-state index < -0.39 is 18.7 Å². The summed E-state index contributed by atoms with van der Waals surface area (Å²) in [7, 11) is 0. The van der Waals surface area contributed by atoms with Crippen LogP contribution in [0.5, 0.6) is 5.75 Å². The molecule has 0 bridgehead atoms. The van der Waals surface area contributed by atoms with Crippen molar-refractivity contribution in [2.45, 2.75) is 12.6 Å². The average Bonchev–Trinajstić information content (AvgIpc) is 3.09. The summed E-state index contributed by atoms with van der Waals surface area (Å²) in [5.41, 5.74) is 1.20. The number of hydrogen-bond acceptors (Lipinski definition) is 4. The summed E-state index contributed by atoms with van der Waals surface area (Å²) in [6.07, 6.45) is -4.62. The molecule has 0 spiro atoms. The van der Waals surface area contributed by atoms with Crippen LogP contribution in [0.1, 0.15) is 5.69 Å². The van der Waals surface area contributed by atoms with E-state index in [0.29, 0.717) is 16.3 Å². The lowest BCUT2D eigenvalue weighted by molar-refractivity contribution is -0.153. The van der Waals surface area contributed by atoms with Gasteiger partial charge in [-0.15, -0.1) is 11.3 Å². The first-order chi connectivity index (χ1) is 13.7. The summed E-state index contributed by atoms with van der Waals surface area (Å²) in [5.74, 6) is -1.01. The van der Waals surface area contributed by atoms with Gasteiger partial charge in [0.05, 0.1) is 17.8 Å². The van der Waals surface area contributed by atoms with Gasteiger partial charge >= 0.3 is 6.18 Å². The van der Waals surface area contributed by atoms with E-state index in [2.05, 4.69) is 10.3 Å². The van der Waals surface area contributed by atoms with E-state index in [0.717, 1.165) is 0 Å². The first-order valence-corrected chi connectivity index (χ1v) is 9.45. The Morgan fingerprint density at radius 2 is 1.90 bits per heavy atom. The number of anilines is 1. The molecule has 2 aromatic carbocycles. The Kier molecular flexibility index (Phi) is 6.39. The van der Waals surface area contributed by atoms with Gasteiger partial charge in [-0.2, -0.15) is 13.2 Å². The highest BCUT2D eigenvalue weighted by Crippen LogP contribution is 2.30. The highest BCUT2D eigenvalue weighted by atomic mass is 35.5. The number of carbonyl (C=O) groups is 1. The Bertz CT molecular complexity index is 1010. The fourth-order valence-corrected chi connectivity index (χ4v) is 3.36. The Labute approximate surface area is 172 Å². The number of halogens is 5. The largest absolute Gasteiger partial charge is 0.482 e. The van der Waals surface area contributed by atoms with Crippen LogP contribution in [0.2, 0.25) is 5.02 Å². The van der Waals surface area contributed by atoms with Crippen molar-refractivity contribution in [2.24, 2.45) is 0 Å². The quantitative estimate of drug-likeness (QED) is 0.494. The zero-order chi connectivity index (χ0) is 21.0. The molecule has 10 heteroatoms. The van der Waals surface area contributed by atoms with Gasteiger partial charge in [0.1, 0.15) is 16.6 Å². The number of rotatable bonds is 6. The van der Waals surface area contributed by atoms with Crippen molar-refractivity contribution in [1.82, 2.24) is 4.98 Å². The zero-order valence-electron chi connectivity index (χ0n) is 14.6. The van der Waals surface area contributed by atoms with Gasteiger partial charge in [-0.05, 0) is 42.5 Å². The number of ether oxygens (including phenoxy) is 1. The minimum absolute atomic E-state index is 0.0285. The van der Waals surface area contributed by atoms with E-state index in [9.17, 15) is 22.4 Å². The maximum Gasteiger partial charge on any atom is 0.422 e. The second kappa shape index (κ2) is 8.79. The smallest absolute Gasteiger partial charge is 0.422 e. The van der Waals surface area contributed by atoms with E-state index in [4.69, 9.17) is 16.3 Å². The summed E-state index contributed by atoms with van der Waals surface area (Å²) in [6.45, 7) is -1.50. The molecule has 1 amide bonds. The maximum absolute atomic E-state index is 13.0. The molecule has 152 valence electrons. The molecule has 1 aromatic heterocycles. The Morgan fingerprint density at radius 1 is 1.17 bits per heavy atom. The predicted octanol–water partition coefficient (Wildman–Crippen LogP) is 5.72. The number of thiazole rings is 1. The van der Waals surface area contributed by atoms with Crippen molar-refractivity contribution in [3.8, 4) is 16.3 Å². The lowest BCUT2D eigenvalue weighted by atomic mass is 10.2. The highest BCUT2D eigenvalue weighted by Gasteiger charge is 2.29. The molecule has 1 heterocycles. The number of nitrogens with zero attached hydrogens (tertiary/aromatic N) is 1. The van der Waals surface area contributed by atoms with E-state index in [1.165, 1.54) is 41.7 Å². The molecule has 0 radical (unpaired) electrons. The zero-order valence-corrected chi connectivity index (χ0v) is 16.2. The molecule has 0 aliphatic heterocycles. The Hall–Kier alpha value is -2.65. The minimum Gasteiger partial charge on any atom is -0.482 e. The van der Waals surface area contributed by atoms with E-state index in [1.807, 2.05) is 0 Å². The summed E-state index contributed by atoms with van der Waals surface area (Å²) >= 11 is 7.16. The summed E-state index contributed by atoms with van der Waals surface area (Å²) in [6, 6.07) is 9.69. The van der Waals surface area contributed by atoms with Gasteiger partial charge in [-0.1, -0.05) is 11.6 Å². The molecule has 3 rings (SSSR count). The summed E-state index contributed by atoms with van der Waals surface area (Å²) < 4.78 is 55.0. The SMILES string of the molecule is O=C(Cc1csc(-c2ccc(F)cc2)n1)Nc1cc(Cl)ccc1OCC(F)(F)F. The molecule has 0 saturated carbocycles. The number of benzene rings is 2. The van der Waals surface area contributed by atoms with Crippen LogP contribution in [-0.2, 0) is 11.2 Å². The predicted molar refractivity (Wildman–Crippen MR) is 103 cm³/mol.